The monoisotopic (exact) mass is 322 g/mol. The van der Waals surface area contributed by atoms with Gasteiger partial charge in [0.15, 0.2) is 0 Å². The highest BCUT2D eigenvalue weighted by molar-refractivity contribution is 9.09. The number of benzene rings is 1. The van der Waals surface area contributed by atoms with Crippen LogP contribution in [0.3, 0.4) is 0 Å². The quantitative estimate of drug-likeness (QED) is 0.419. The predicted octanol–water partition coefficient (Wildman–Crippen LogP) is 6.40. The minimum absolute atomic E-state index is 0.315. The summed E-state index contributed by atoms with van der Waals surface area (Å²) in [6.07, 6.45) is 6.21. The number of rotatable bonds is 6. The van der Waals surface area contributed by atoms with E-state index >= 15 is 0 Å². The highest BCUT2D eigenvalue weighted by atomic mass is 79.9. The van der Waals surface area contributed by atoms with Crippen molar-refractivity contribution in [1.82, 2.24) is 0 Å². The van der Waals surface area contributed by atoms with Gasteiger partial charge >= 0.3 is 0 Å². The summed E-state index contributed by atoms with van der Waals surface area (Å²) in [4.78, 5) is 0.315. The van der Waals surface area contributed by atoms with Crippen molar-refractivity contribution < 1.29 is 0 Å². The Morgan fingerprint density at radius 2 is 1.94 bits per heavy atom. The van der Waals surface area contributed by atoms with Crippen molar-refractivity contribution in [2.75, 3.05) is 0 Å². The molecule has 1 rings (SSSR count). The summed E-state index contributed by atoms with van der Waals surface area (Å²) >= 11 is 15.8. The first-order valence-electron chi connectivity index (χ1n) is 5.74. The first-order valence-corrected chi connectivity index (χ1v) is 7.41. The summed E-state index contributed by atoms with van der Waals surface area (Å²) in [5, 5.41) is 1.54. The van der Waals surface area contributed by atoms with E-state index in [1.165, 1.54) is 25.7 Å². The van der Waals surface area contributed by atoms with Crippen molar-refractivity contribution in [3.63, 3.8) is 0 Å². The lowest BCUT2D eigenvalue weighted by Crippen LogP contribution is -1.92. The zero-order chi connectivity index (χ0) is 12.0. The maximum Gasteiger partial charge on any atom is 0.0450 e. The second-order valence-corrected chi connectivity index (χ2v) is 5.93. The molecule has 1 aromatic rings. The van der Waals surface area contributed by atoms with E-state index in [1.807, 2.05) is 18.2 Å². The molecular formula is C13H17BrCl2. The van der Waals surface area contributed by atoms with E-state index in [-0.39, 0.29) is 0 Å². The Hall–Kier alpha value is 0.280. The molecule has 0 saturated carbocycles. The molecular weight excluding hydrogens is 307 g/mol. The van der Waals surface area contributed by atoms with E-state index in [2.05, 4.69) is 22.9 Å². The molecule has 16 heavy (non-hydrogen) atoms. The summed E-state index contributed by atoms with van der Waals surface area (Å²) in [7, 11) is 0. The first-order chi connectivity index (χ1) is 7.65. The average Bonchev–Trinajstić information content (AvgIpc) is 2.27. The van der Waals surface area contributed by atoms with Crippen LogP contribution in [0.1, 0.15) is 49.4 Å². The van der Waals surface area contributed by atoms with Crippen molar-refractivity contribution >= 4 is 39.1 Å². The third-order valence-electron chi connectivity index (χ3n) is 2.61. The van der Waals surface area contributed by atoms with Gasteiger partial charge in [0.2, 0.25) is 0 Å². The van der Waals surface area contributed by atoms with Gasteiger partial charge < -0.3 is 0 Å². The van der Waals surface area contributed by atoms with E-state index in [0.717, 1.165) is 22.0 Å². The highest BCUT2D eigenvalue weighted by Crippen LogP contribution is 2.35. The predicted molar refractivity (Wildman–Crippen MR) is 76.9 cm³/mol. The molecule has 0 aliphatic rings. The summed E-state index contributed by atoms with van der Waals surface area (Å²) in [6.45, 7) is 2.22. The number of halogens is 3. The Kier molecular flexibility index (Phi) is 6.79. The fraction of sp³-hybridized carbons (Fsp3) is 0.538. The molecule has 0 nitrogen and oxygen atoms in total. The third kappa shape index (κ3) is 4.65. The molecule has 3 heteroatoms. The lowest BCUT2D eigenvalue weighted by atomic mass is 10.1. The van der Waals surface area contributed by atoms with Crippen molar-refractivity contribution in [1.29, 1.82) is 0 Å². The van der Waals surface area contributed by atoms with Crippen molar-refractivity contribution in [3.8, 4) is 0 Å². The summed E-state index contributed by atoms with van der Waals surface area (Å²) < 4.78 is 0. The van der Waals surface area contributed by atoms with Gasteiger partial charge in [-0.2, -0.15) is 0 Å². The molecule has 1 aromatic carbocycles. The zero-order valence-corrected chi connectivity index (χ0v) is 12.6. The zero-order valence-electron chi connectivity index (χ0n) is 9.48. The lowest BCUT2D eigenvalue weighted by Gasteiger charge is -2.12. The first kappa shape index (κ1) is 14.3. The Morgan fingerprint density at radius 1 is 1.19 bits per heavy atom. The molecule has 0 saturated heterocycles. The molecule has 0 fully saturated rings. The fourth-order valence-electron chi connectivity index (χ4n) is 1.66. The van der Waals surface area contributed by atoms with E-state index in [0.29, 0.717) is 4.83 Å². The molecule has 1 atom stereocenters. The maximum absolute atomic E-state index is 6.14. The third-order valence-corrected chi connectivity index (χ3v) is 4.14. The van der Waals surface area contributed by atoms with Gasteiger partial charge in [0.25, 0.3) is 0 Å². The van der Waals surface area contributed by atoms with E-state index < -0.39 is 0 Å². The molecule has 0 aromatic heterocycles. The molecule has 0 radical (unpaired) electrons. The van der Waals surface area contributed by atoms with Gasteiger partial charge in [0.1, 0.15) is 0 Å². The van der Waals surface area contributed by atoms with E-state index in [4.69, 9.17) is 23.2 Å². The molecule has 0 amide bonds. The van der Waals surface area contributed by atoms with Crippen LogP contribution in [0.2, 0.25) is 10.0 Å². The molecule has 90 valence electrons. The van der Waals surface area contributed by atoms with Gasteiger partial charge in [-0.3, -0.25) is 0 Å². The van der Waals surface area contributed by atoms with Crippen LogP contribution in [0, 0.1) is 0 Å². The van der Waals surface area contributed by atoms with Gasteiger partial charge in [0.05, 0.1) is 0 Å². The maximum atomic E-state index is 6.14. The lowest BCUT2D eigenvalue weighted by molar-refractivity contribution is 0.630. The topological polar surface area (TPSA) is 0 Å². The van der Waals surface area contributed by atoms with Gasteiger partial charge in [-0.1, -0.05) is 71.7 Å². The fourth-order valence-corrected chi connectivity index (χ4v) is 2.92. The molecule has 1 unspecified atom stereocenters. The van der Waals surface area contributed by atoms with Gasteiger partial charge in [0, 0.05) is 14.9 Å². The van der Waals surface area contributed by atoms with Crippen molar-refractivity contribution in [3.05, 3.63) is 33.8 Å². The minimum Gasteiger partial charge on any atom is -0.0843 e. The van der Waals surface area contributed by atoms with E-state index in [9.17, 15) is 0 Å². The molecule has 0 aliphatic carbocycles. The Bertz CT molecular complexity index is 326. The van der Waals surface area contributed by atoms with Crippen LogP contribution in [0.4, 0.5) is 0 Å². The van der Waals surface area contributed by atoms with E-state index in [1.54, 1.807) is 0 Å². The molecule has 0 bridgehead atoms. The number of unbranched alkanes of at least 4 members (excludes halogenated alkanes) is 3. The number of hydrogen-bond donors (Lipinski definition) is 0. The second-order valence-electron chi connectivity index (χ2n) is 3.98. The largest absolute Gasteiger partial charge is 0.0843 e. The van der Waals surface area contributed by atoms with Crippen molar-refractivity contribution in [2.45, 2.75) is 43.9 Å². The molecule has 0 spiro atoms. The summed E-state index contributed by atoms with van der Waals surface area (Å²) in [5.74, 6) is 0. The van der Waals surface area contributed by atoms with Crippen molar-refractivity contribution in [2.24, 2.45) is 0 Å². The summed E-state index contributed by atoms with van der Waals surface area (Å²) in [5.41, 5.74) is 1.10. The molecule has 0 aliphatic heterocycles. The Labute approximate surface area is 116 Å². The average molecular weight is 324 g/mol. The Morgan fingerprint density at radius 3 is 2.62 bits per heavy atom. The van der Waals surface area contributed by atoms with Crippen LogP contribution in [-0.2, 0) is 0 Å². The smallest absolute Gasteiger partial charge is 0.0450 e. The van der Waals surface area contributed by atoms with Crippen LogP contribution in [0.5, 0.6) is 0 Å². The number of hydrogen-bond acceptors (Lipinski definition) is 0. The molecule has 0 N–H and O–H groups in total. The highest BCUT2D eigenvalue weighted by Gasteiger charge is 2.11. The summed E-state index contributed by atoms with van der Waals surface area (Å²) in [6, 6.07) is 5.63. The Balaban J connectivity index is 2.51. The second kappa shape index (κ2) is 7.58. The van der Waals surface area contributed by atoms with Gasteiger partial charge in [-0.05, 0) is 30.2 Å². The van der Waals surface area contributed by atoms with Crippen LogP contribution in [-0.4, -0.2) is 0 Å². The van der Waals surface area contributed by atoms with Gasteiger partial charge in [-0.25, -0.2) is 0 Å². The minimum atomic E-state index is 0.315. The van der Waals surface area contributed by atoms with Crippen LogP contribution in [0.25, 0.3) is 0 Å². The van der Waals surface area contributed by atoms with Crippen LogP contribution < -0.4 is 0 Å². The van der Waals surface area contributed by atoms with Crippen LogP contribution >= 0.6 is 39.1 Å². The normalized spacial score (nSPS) is 12.8. The SMILES string of the molecule is CCCCCCC(Br)c1cc(Cl)ccc1Cl. The van der Waals surface area contributed by atoms with Gasteiger partial charge in [-0.15, -0.1) is 0 Å². The molecule has 0 heterocycles. The number of alkyl halides is 1. The standard InChI is InChI=1S/C13H17BrCl2/c1-2-3-4-5-6-12(14)11-9-10(15)7-8-13(11)16/h7-9,12H,2-6H2,1H3. The van der Waals surface area contributed by atoms with Crippen LogP contribution in [0.15, 0.2) is 18.2 Å².